The Bertz CT molecular complexity index is 727. The number of aryl methyl sites for hydroxylation is 2. The molecule has 1 nitrogen and oxygen atoms in total. The first kappa shape index (κ1) is 16.3. The Hall–Kier alpha value is -2.54. The number of ether oxygens (including phenoxy) is 1. The molecule has 0 unspecified atom stereocenters. The molecular formula is C23H24O. The van der Waals surface area contributed by atoms with E-state index in [-0.39, 0.29) is 0 Å². The van der Waals surface area contributed by atoms with Crippen LogP contribution in [0.2, 0.25) is 0 Å². The minimum atomic E-state index is 0.749. The van der Waals surface area contributed by atoms with Crippen LogP contribution < -0.4 is 4.74 Å². The van der Waals surface area contributed by atoms with Crippen LogP contribution in [0.1, 0.15) is 24.5 Å². The van der Waals surface area contributed by atoms with E-state index in [1.807, 2.05) is 0 Å². The molecule has 0 amide bonds. The van der Waals surface area contributed by atoms with E-state index in [1.165, 1.54) is 22.3 Å². The van der Waals surface area contributed by atoms with Crippen LogP contribution in [0.3, 0.4) is 0 Å². The summed E-state index contributed by atoms with van der Waals surface area (Å²) in [6, 6.07) is 27.7. The number of hydrogen-bond donors (Lipinski definition) is 0. The molecule has 0 bridgehead atoms. The molecule has 3 aromatic rings. The molecule has 0 atom stereocenters. The molecule has 0 radical (unpaired) electrons. The average molecular weight is 316 g/mol. The van der Waals surface area contributed by atoms with Gasteiger partial charge in [-0.25, -0.2) is 0 Å². The molecule has 122 valence electrons. The molecule has 0 aliphatic heterocycles. The van der Waals surface area contributed by atoms with Gasteiger partial charge in [-0.1, -0.05) is 73.7 Å². The van der Waals surface area contributed by atoms with Gasteiger partial charge < -0.3 is 4.74 Å². The van der Waals surface area contributed by atoms with Gasteiger partial charge in [-0.05, 0) is 53.6 Å². The first-order valence-corrected chi connectivity index (χ1v) is 8.71. The molecule has 0 aliphatic rings. The van der Waals surface area contributed by atoms with Crippen molar-refractivity contribution in [2.45, 2.75) is 26.2 Å². The molecule has 1 heteroatoms. The summed E-state index contributed by atoms with van der Waals surface area (Å²) in [5, 5.41) is 0. The molecule has 0 heterocycles. The van der Waals surface area contributed by atoms with Gasteiger partial charge in [0.1, 0.15) is 5.75 Å². The Labute approximate surface area is 144 Å². The fourth-order valence-electron chi connectivity index (χ4n) is 2.79. The maximum absolute atomic E-state index is 5.86. The Morgan fingerprint density at radius 2 is 1.29 bits per heavy atom. The van der Waals surface area contributed by atoms with Crippen LogP contribution in [-0.4, -0.2) is 6.61 Å². The maximum Gasteiger partial charge on any atom is 0.119 e. The van der Waals surface area contributed by atoms with Crippen LogP contribution in [0, 0.1) is 0 Å². The van der Waals surface area contributed by atoms with Gasteiger partial charge in [0.15, 0.2) is 0 Å². The monoisotopic (exact) mass is 316 g/mol. The van der Waals surface area contributed by atoms with Gasteiger partial charge in [0.25, 0.3) is 0 Å². The zero-order valence-electron chi connectivity index (χ0n) is 14.2. The SMILES string of the molecule is CCc1ccc(-c2ccc(OCCCc3ccccc3)cc2)cc1. The third-order valence-electron chi connectivity index (χ3n) is 4.27. The Morgan fingerprint density at radius 3 is 1.92 bits per heavy atom. The lowest BCUT2D eigenvalue weighted by Gasteiger charge is -2.08. The molecule has 3 rings (SSSR count). The van der Waals surface area contributed by atoms with Crippen LogP contribution in [0.25, 0.3) is 11.1 Å². The number of benzene rings is 3. The highest BCUT2D eigenvalue weighted by Crippen LogP contribution is 2.23. The number of rotatable bonds is 7. The van der Waals surface area contributed by atoms with Crippen molar-refractivity contribution in [3.8, 4) is 16.9 Å². The summed E-state index contributed by atoms with van der Waals surface area (Å²) in [6.07, 6.45) is 3.17. The standard InChI is InChI=1S/C23H24O/c1-2-19-10-12-21(13-11-19)22-14-16-23(17-15-22)24-18-6-9-20-7-4-3-5-8-20/h3-5,7-8,10-17H,2,6,9,18H2,1H3. The molecule has 0 aromatic heterocycles. The third kappa shape index (κ3) is 4.48. The van der Waals surface area contributed by atoms with Crippen molar-refractivity contribution < 1.29 is 4.74 Å². The molecule has 0 N–H and O–H groups in total. The summed E-state index contributed by atoms with van der Waals surface area (Å²) < 4.78 is 5.86. The largest absolute Gasteiger partial charge is 0.494 e. The zero-order valence-corrected chi connectivity index (χ0v) is 14.2. The topological polar surface area (TPSA) is 9.23 Å². The van der Waals surface area contributed by atoms with E-state index in [0.717, 1.165) is 31.6 Å². The molecular weight excluding hydrogens is 292 g/mol. The molecule has 0 saturated carbocycles. The minimum absolute atomic E-state index is 0.749. The van der Waals surface area contributed by atoms with Crippen LogP contribution in [-0.2, 0) is 12.8 Å². The van der Waals surface area contributed by atoms with Gasteiger partial charge in [0, 0.05) is 0 Å². The van der Waals surface area contributed by atoms with Crippen LogP contribution >= 0.6 is 0 Å². The first-order chi connectivity index (χ1) is 11.8. The molecule has 3 aromatic carbocycles. The van der Waals surface area contributed by atoms with Crippen molar-refractivity contribution in [1.29, 1.82) is 0 Å². The van der Waals surface area contributed by atoms with Gasteiger partial charge in [0.2, 0.25) is 0 Å². The van der Waals surface area contributed by atoms with Crippen molar-refractivity contribution in [1.82, 2.24) is 0 Å². The molecule has 0 saturated heterocycles. The summed E-state index contributed by atoms with van der Waals surface area (Å²) >= 11 is 0. The lowest BCUT2D eigenvalue weighted by Crippen LogP contribution is -1.99. The highest BCUT2D eigenvalue weighted by molar-refractivity contribution is 5.64. The third-order valence-corrected chi connectivity index (χ3v) is 4.27. The van der Waals surface area contributed by atoms with Crippen molar-refractivity contribution in [3.63, 3.8) is 0 Å². The van der Waals surface area contributed by atoms with Crippen molar-refractivity contribution >= 4 is 0 Å². The Balaban J connectivity index is 1.50. The van der Waals surface area contributed by atoms with Gasteiger partial charge >= 0.3 is 0 Å². The zero-order chi connectivity index (χ0) is 16.6. The quantitative estimate of drug-likeness (QED) is 0.491. The van der Waals surface area contributed by atoms with Gasteiger partial charge in [-0.3, -0.25) is 0 Å². The van der Waals surface area contributed by atoms with E-state index in [4.69, 9.17) is 4.74 Å². The van der Waals surface area contributed by atoms with Crippen LogP contribution in [0.15, 0.2) is 78.9 Å². The van der Waals surface area contributed by atoms with Gasteiger partial charge in [0.05, 0.1) is 6.61 Å². The maximum atomic E-state index is 5.86. The second kappa shape index (κ2) is 8.35. The van der Waals surface area contributed by atoms with Crippen LogP contribution in [0.5, 0.6) is 5.75 Å². The molecule has 24 heavy (non-hydrogen) atoms. The van der Waals surface area contributed by atoms with E-state index >= 15 is 0 Å². The van der Waals surface area contributed by atoms with Gasteiger partial charge in [-0.15, -0.1) is 0 Å². The normalized spacial score (nSPS) is 10.5. The van der Waals surface area contributed by atoms with E-state index in [1.54, 1.807) is 0 Å². The molecule has 0 fully saturated rings. The van der Waals surface area contributed by atoms with Crippen molar-refractivity contribution in [3.05, 3.63) is 90.0 Å². The fourth-order valence-corrected chi connectivity index (χ4v) is 2.79. The first-order valence-electron chi connectivity index (χ1n) is 8.71. The second-order valence-corrected chi connectivity index (χ2v) is 6.01. The fraction of sp³-hybridized carbons (Fsp3) is 0.217. The highest BCUT2D eigenvalue weighted by atomic mass is 16.5. The Kier molecular flexibility index (Phi) is 5.68. The lowest BCUT2D eigenvalue weighted by atomic mass is 10.0. The average Bonchev–Trinajstić information content (AvgIpc) is 2.67. The van der Waals surface area contributed by atoms with Crippen molar-refractivity contribution in [2.75, 3.05) is 6.61 Å². The van der Waals surface area contributed by atoms with E-state index in [0.29, 0.717) is 0 Å². The van der Waals surface area contributed by atoms with Gasteiger partial charge in [-0.2, -0.15) is 0 Å². The predicted octanol–water partition coefficient (Wildman–Crippen LogP) is 5.93. The molecule has 0 aliphatic carbocycles. The summed E-state index contributed by atoms with van der Waals surface area (Å²) in [7, 11) is 0. The Morgan fingerprint density at radius 1 is 0.667 bits per heavy atom. The van der Waals surface area contributed by atoms with Crippen LogP contribution in [0.4, 0.5) is 0 Å². The highest BCUT2D eigenvalue weighted by Gasteiger charge is 2.00. The lowest BCUT2D eigenvalue weighted by molar-refractivity contribution is 0.311. The predicted molar refractivity (Wildman–Crippen MR) is 102 cm³/mol. The second-order valence-electron chi connectivity index (χ2n) is 6.01. The van der Waals surface area contributed by atoms with E-state index in [9.17, 15) is 0 Å². The smallest absolute Gasteiger partial charge is 0.119 e. The van der Waals surface area contributed by atoms with E-state index < -0.39 is 0 Å². The van der Waals surface area contributed by atoms with E-state index in [2.05, 4.69) is 85.8 Å². The summed E-state index contributed by atoms with van der Waals surface area (Å²) in [5.41, 5.74) is 5.22. The molecule has 0 spiro atoms. The summed E-state index contributed by atoms with van der Waals surface area (Å²) in [5.74, 6) is 0.942. The minimum Gasteiger partial charge on any atom is -0.494 e. The summed E-state index contributed by atoms with van der Waals surface area (Å²) in [4.78, 5) is 0. The summed E-state index contributed by atoms with van der Waals surface area (Å²) in [6.45, 7) is 2.93. The van der Waals surface area contributed by atoms with Crippen molar-refractivity contribution in [2.24, 2.45) is 0 Å². The number of hydrogen-bond acceptors (Lipinski definition) is 1.